The number of nitrogens with one attached hydrogen (secondary N) is 1. The minimum Gasteiger partial charge on any atom is -0.432 e. The molecule has 0 fully saturated rings. The van der Waals surface area contributed by atoms with Gasteiger partial charge in [0.15, 0.2) is 0 Å². The van der Waals surface area contributed by atoms with E-state index in [1.807, 2.05) is 0 Å². The van der Waals surface area contributed by atoms with Crippen molar-refractivity contribution in [2.75, 3.05) is 25.0 Å². The molecule has 0 aliphatic rings. The van der Waals surface area contributed by atoms with E-state index in [1.54, 1.807) is 14.0 Å². The van der Waals surface area contributed by atoms with Crippen LogP contribution >= 0.6 is 0 Å². The maximum Gasteiger partial charge on any atom is 0.406 e. The van der Waals surface area contributed by atoms with E-state index >= 15 is 0 Å². The van der Waals surface area contributed by atoms with Crippen LogP contribution in [0.15, 0.2) is 10.7 Å². The summed E-state index contributed by atoms with van der Waals surface area (Å²) in [4.78, 5) is 5.10. The standard InChI is InChI=1S/C10H16F3N3O/c1-3-4-16(7-10(11,12)13)9-15-8(5-14-2)6-17-9/h6,14H,3-5,7H2,1-2H3. The fourth-order valence-corrected chi connectivity index (χ4v) is 1.43. The second-order valence-electron chi connectivity index (χ2n) is 3.69. The Morgan fingerprint density at radius 1 is 1.47 bits per heavy atom. The average molecular weight is 251 g/mol. The van der Waals surface area contributed by atoms with Gasteiger partial charge in [-0.15, -0.1) is 0 Å². The Labute approximate surface area is 97.8 Å². The third-order valence-corrected chi connectivity index (χ3v) is 2.03. The van der Waals surface area contributed by atoms with Gasteiger partial charge >= 0.3 is 6.18 Å². The molecule has 0 aliphatic heterocycles. The van der Waals surface area contributed by atoms with Gasteiger partial charge in [-0.2, -0.15) is 18.2 Å². The fourth-order valence-electron chi connectivity index (χ4n) is 1.43. The van der Waals surface area contributed by atoms with Gasteiger partial charge in [-0.3, -0.25) is 0 Å². The molecular formula is C10H16F3N3O. The summed E-state index contributed by atoms with van der Waals surface area (Å²) >= 11 is 0. The molecule has 1 N–H and O–H groups in total. The SMILES string of the molecule is CCCN(CC(F)(F)F)c1nc(CNC)co1. The summed E-state index contributed by atoms with van der Waals surface area (Å²) in [5.74, 6) is 0. The van der Waals surface area contributed by atoms with Gasteiger partial charge in [0.25, 0.3) is 6.01 Å². The van der Waals surface area contributed by atoms with Crippen molar-refractivity contribution in [2.45, 2.75) is 26.1 Å². The van der Waals surface area contributed by atoms with E-state index in [-0.39, 0.29) is 12.6 Å². The minimum absolute atomic E-state index is 0.0226. The van der Waals surface area contributed by atoms with Gasteiger partial charge in [0.2, 0.25) is 0 Å². The van der Waals surface area contributed by atoms with Crippen molar-refractivity contribution >= 4 is 6.01 Å². The number of rotatable bonds is 6. The maximum absolute atomic E-state index is 12.3. The molecular weight excluding hydrogens is 235 g/mol. The third-order valence-electron chi connectivity index (χ3n) is 2.03. The molecule has 0 bridgehead atoms. The monoisotopic (exact) mass is 251 g/mol. The minimum atomic E-state index is -4.26. The highest BCUT2D eigenvalue weighted by Crippen LogP contribution is 2.21. The van der Waals surface area contributed by atoms with E-state index in [4.69, 9.17) is 4.42 Å². The molecule has 0 unspecified atom stereocenters. The molecule has 1 aromatic rings. The molecule has 0 saturated carbocycles. The summed E-state index contributed by atoms with van der Waals surface area (Å²) in [6.45, 7) is 1.50. The van der Waals surface area contributed by atoms with Crippen molar-refractivity contribution in [2.24, 2.45) is 0 Å². The van der Waals surface area contributed by atoms with Crippen molar-refractivity contribution in [3.05, 3.63) is 12.0 Å². The van der Waals surface area contributed by atoms with Crippen LogP contribution in [-0.4, -0.2) is 31.3 Å². The molecule has 0 spiro atoms. The van der Waals surface area contributed by atoms with Crippen LogP contribution in [0.2, 0.25) is 0 Å². The highest BCUT2D eigenvalue weighted by Gasteiger charge is 2.32. The highest BCUT2D eigenvalue weighted by molar-refractivity contribution is 5.27. The Balaban J connectivity index is 2.74. The number of hydrogen-bond acceptors (Lipinski definition) is 4. The summed E-state index contributed by atoms with van der Waals surface area (Å²) < 4.78 is 42.1. The second kappa shape index (κ2) is 5.90. The zero-order valence-electron chi connectivity index (χ0n) is 9.84. The lowest BCUT2D eigenvalue weighted by Gasteiger charge is -2.21. The third kappa shape index (κ3) is 4.64. The van der Waals surface area contributed by atoms with Crippen molar-refractivity contribution < 1.29 is 17.6 Å². The molecule has 17 heavy (non-hydrogen) atoms. The maximum atomic E-state index is 12.3. The van der Waals surface area contributed by atoms with Crippen LogP contribution in [0.5, 0.6) is 0 Å². The van der Waals surface area contributed by atoms with Crippen molar-refractivity contribution in [1.82, 2.24) is 10.3 Å². The molecule has 0 saturated heterocycles. The van der Waals surface area contributed by atoms with E-state index in [1.165, 1.54) is 6.26 Å². The Hall–Kier alpha value is -1.24. The number of halogens is 3. The van der Waals surface area contributed by atoms with Gasteiger partial charge in [-0.1, -0.05) is 6.92 Å². The van der Waals surface area contributed by atoms with Crippen molar-refractivity contribution in [3.63, 3.8) is 0 Å². The molecule has 0 amide bonds. The molecule has 98 valence electrons. The largest absolute Gasteiger partial charge is 0.432 e. The van der Waals surface area contributed by atoms with Crippen LogP contribution in [0.4, 0.5) is 19.2 Å². The smallest absolute Gasteiger partial charge is 0.406 e. The predicted molar refractivity (Wildman–Crippen MR) is 57.8 cm³/mol. The summed E-state index contributed by atoms with van der Waals surface area (Å²) in [5, 5.41) is 2.85. The first-order valence-electron chi connectivity index (χ1n) is 5.37. The first-order chi connectivity index (χ1) is 7.96. The quantitative estimate of drug-likeness (QED) is 0.841. The molecule has 7 heteroatoms. The van der Waals surface area contributed by atoms with Gasteiger partial charge in [0.05, 0.1) is 5.69 Å². The molecule has 4 nitrogen and oxygen atoms in total. The first-order valence-corrected chi connectivity index (χ1v) is 5.37. The normalized spacial score (nSPS) is 11.8. The highest BCUT2D eigenvalue weighted by atomic mass is 19.4. The number of oxazole rings is 1. The van der Waals surface area contributed by atoms with E-state index < -0.39 is 12.7 Å². The molecule has 1 aromatic heterocycles. The van der Waals surface area contributed by atoms with Crippen LogP contribution in [0.3, 0.4) is 0 Å². The van der Waals surface area contributed by atoms with Gasteiger partial charge in [-0.25, -0.2) is 0 Å². The zero-order chi connectivity index (χ0) is 12.9. The van der Waals surface area contributed by atoms with Crippen molar-refractivity contribution in [3.8, 4) is 0 Å². The molecule has 0 radical (unpaired) electrons. The topological polar surface area (TPSA) is 41.3 Å². The van der Waals surface area contributed by atoms with Crippen molar-refractivity contribution in [1.29, 1.82) is 0 Å². The van der Waals surface area contributed by atoms with E-state index in [2.05, 4.69) is 10.3 Å². The Bertz CT molecular complexity index is 338. The number of aromatic nitrogens is 1. The van der Waals surface area contributed by atoms with E-state index in [0.29, 0.717) is 18.7 Å². The number of nitrogens with zero attached hydrogens (tertiary/aromatic N) is 2. The Kier molecular flexibility index (Phi) is 4.80. The van der Waals surface area contributed by atoms with Crippen LogP contribution in [0.25, 0.3) is 0 Å². The predicted octanol–water partition coefficient (Wildman–Crippen LogP) is 2.17. The Morgan fingerprint density at radius 3 is 2.71 bits per heavy atom. The lowest BCUT2D eigenvalue weighted by atomic mass is 10.4. The summed E-state index contributed by atoms with van der Waals surface area (Å²) in [6, 6.07) is 0.0226. The van der Waals surface area contributed by atoms with E-state index in [9.17, 15) is 13.2 Å². The van der Waals surface area contributed by atoms with Gasteiger partial charge in [0.1, 0.15) is 12.8 Å². The van der Waals surface area contributed by atoms with Crippen LogP contribution < -0.4 is 10.2 Å². The number of anilines is 1. The van der Waals surface area contributed by atoms with Gasteiger partial charge in [0, 0.05) is 13.1 Å². The van der Waals surface area contributed by atoms with Crippen LogP contribution in [0, 0.1) is 0 Å². The summed E-state index contributed by atoms with van der Waals surface area (Å²) in [5.41, 5.74) is 0.589. The molecule has 0 aromatic carbocycles. The summed E-state index contributed by atoms with van der Waals surface area (Å²) in [7, 11) is 1.73. The molecule has 1 rings (SSSR count). The van der Waals surface area contributed by atoms with Gasteiger partial charge < -0.3 is 14.6 Å². The Morgan fingerprint density at radius 2 is 2.18 bits per heavy atom. The van der Waals surface area contributed by atoms with Crippen LogP contribution in [-0.2, 0) is 6.54 Å². The fraction of sp³-hybridized carbons (Fsp3) is 0.700. The molecule has 1 heterocycles. The lowest BCUT2D eigenvalue weighted by molar-refractivity contribution is -0.120. The van der Waals surface area contributed by atoms with E-state index in [0.717, 1.165) is 4.90 Å². The lowest BCUT2D eigenvalue weighted by Crippen LogP contribution is -2.35. The summed E-state index contributed by atoms with van der Waals surface area (Å²) in [6.07, 6.45) is -2.29. The second-order valence-corrected chi connectivity index (χ2v) is 3.69. The zero-order valence-corrected chi connectivity index (χ0v) is 9.84. The van der Waals surface area contributed by atoms with Gasteiger partial charge in [-0.05, 0) is 13.5 Å². The number of hydrogen-bond donors (Lipinski definition) is 1. The van der Waals surface area contributed by atoms with Crippen LogP contribution in [0.1, 0.15) is 19.0 Å². The average Bonchev–Trinajstić information content (AvgIpc) is 2.64. The first kappa shape index (κ1) is 13.8. The number of alkyl halides is 3. The molecule has 0 aliphatic carbocycles. The molecule has 0 atom stereocenters.